The molecule has 2 aromatic carbocycles. The topological polar surface area (TPSA) is 12.0 Å². The molecule has 100 valence electrons. The normalized spacial score (nSPS) is 12.5. The van der Waals surface area contributed by atoms with Crippen molar-refractivity contribution in [3.63, 3.8) is 0 Å². The lowest BCUT2D eigenvalue weighted by molar-refractivity contribution is 0.614. The van der Waals surface area contributed by atoms with E-state index in [1.165, 1.54) is 22.8 Å². The molecule has 0 saturated heterocycles. The molecule has 2 heteroatoms. The van der Waals surface area contributed by atoms with Crippen molar-refractivity contribution in [2.45, 2.75) is 26.8 Å². The van der Waals surface area contributed by atoms with Crippen molar-refractivity contribution in [1.29, 1.82) is 0 Å². The SMILES string of the molecule is CNC(c1cc(C)cc(C)c1)c1ccc(F)c(C)c1. The number of halogens is 1. The van der Waals surface area contributed by atoms with Crippen LogP contribution in [-0.4, -0.2) is 7.05 Å². The molecule has 0 amide bonds. The molecule has 1 nitrogen and oxygen atoms in total. The van der Waals surface area contributed by atoms with Crippen molar-refractivity contribution in [3.05, 3.63) is 70.0 Å². The molecule has 2 rings (SSSR count). The van der Waals surface area contributed by atoms with Crippen LogP contribution in [0, 0.1) is 26.6 Å². The van der Waals surface area contributed by atoms with E-state index in [0.717, 1.165) is 5.56 Å². The first-order valence-corrected chi connectivity index (χ1v) is 6.53. The first-order chi connectivity index (χ1) is 9.01. The van der Waals surface area contributed by atoms with Gasteiger partial charge >= 0.3 is 0 Å². The van der Waals surface area contributed by atoms with Gasteiger partial charge in [-0.05, 0) is 50.6 Å². The third-order valence-electron chi connectivity index (χ3n) is 3.38. The second-order valence-corrected chi connectivity index (χ2v) is 5.15. The fourth-order valence-corrected chi connectivity index (χ4v) is 2.55. The lowest BCUT2D eigenvalue weighted by atomic mass is 9.95. The van der Waals surface area contributed by atoms with Crippen LogP contribution in [0.1, 0.15) is 33.9 Å². The highest BCUT2D eigenvalue weighted by molar-refractivity contribution is 5.38. The Hall–Kier alpha value is -1.67. The number of hydrogen-bond donors (Lipinski definition) is 1. The third-order valence-corrected chi connectivity index (χ3v) is 3.38. The Morgan fingerprint density at radius 3 is 2.05 bits per heavy atom. The Bertz CT molecular complexity index is 570. The van der Waals surface area contributed by atoms with Crippen LogP contribution < -0.4 is 5.32 Å². The Labute approximate surface area is 114 Å². The highest BCUT2D eigenvalue weighted by atomic mass is 19.1. The minimum Gasteiger partial charge on any atom is -0.309 e. The van der Waals surface area contributed by atoms with Gasteiger partial charge in [-0.3, -0.25) is 0 Å². The van der Waals surface area contributed by atoms with Gasteiger partial charge < -0.3 is 5.32 Å². The standard InChI is InChI=1S/C17H20FN/c1-11-7-12(2)9-15(8-11)17(19-4)14-5-6-16(18)13(3)10-14/h5-10,17,19H,1-4H3. The van der Waals surface area contributed by atoms with Crippen molar-refractivity contribution in [2.24, 2.45) is 0 Å². The van der Waals surface area contributed by atoms with Gasteiger partial charge in [-0.2, -0.15) is 0 Å². The van der Waals surface area contributed by atoms with Gasteiger partial charge in [-0.15, -0.1) is 0 Å². The molecule has 1 N–H and O–H groups in total. The predicted octanol–water partition coefficient (Wildman–Crippen LogP) is 4.06. The van der Waals surface area contributed by atoms with Gasteiger partial charge in [-0.25, -0.2) is 4.39 Å². The van der Waals surface area contributed by atoms with Crippen LogP contribution in [0.5, 0.6) is 0 Å². The van der Waals surface area contributed by atoms with E-state index >= 15 is 0 Å². The summed E-state index contributed by atoms with van der Waals surface area (Å²) in [5, 5.41) is 3.31. The summed E-state index contributed by atoms with van der Waals surface area (Å²) in [6.45, 7) is 5.99. The lowest BCUT2D eigenvalue weighted by Crippen LogP contribution is -2.18. The Kier molecular flexibility index (Phi) is 4.01. The Morgan fingerprint density at radius 1 is 0.895 bits per heavy atom. The summed E-state index contributed by atoms with van der Waals surface area (Å²) in [7, 11) is 1.93. The second-order valence-electron chi connectivity index (χ2n) is 5.15. The van der Waals surface area contributed by atoms with E-state index in [1.54, 1.807) is 6.92 Å². The van der Waals surface area contributed by atoms with Crippen molar-refractivity contribution in [2.75, 3.05) is 7.05 Å². The number of nitrogens with one attached hydrogen (secondary N) is 1. The van der Waals surface area contributed by atoms with Gasteiger partial charge in [0.15, 0.2) is 0 Å². The summed E-state index contributed by atoms with van der Waals surface area (Å²) in [5.74, 6) is -0.154. The van der Waals surface area contributed by atoms with Crippen LogP contribution >= 0.6 is 0 Å². The van der Waals surface area contributed by atoms with Gasteiger partial charge in [0.25, 0.3) is 0 Å². The summed E-state index contributed by atoms with van der Waals surface area (Å²) in [4.78, 5) is 0. The number of hydrogen-bond acceptors (Lipinski definition) is 1. The largest absolute Gasteiger partial charge is 0.309 e. The van der Waals surface area contributed by atoms with Gasteiger partial charge in [0.1, 0.15) is 5.82 Å². The average Bonchev–Trinajstić information content (AvgIpc) is 2.33. The highest BCUT2D eigenvalue weighted by Crippen LogP contribution is 2.25. The minimum absolute atomic E-state index is 0.0953. The first-order valence-electron chi connectivity index (χ1n) is 6.53. The molecule has 1 unspecified atom stereocenters. The average molecular weight is 257 g/mol. The van der Waals surface area contributed by atoms with E-state index in [9.17, 15) is 4.39 Å². The maximum Gasteiger partial charge on any atom is 0.126 e. The van der Waals surface area contributed by atoms with E-state index in [0.29, 0.717) is 5.56 Å². The lowest BCUT2D eigenvalue weighted by Gasteiger charge is -2.19. The van der Waals surface area contributed by atoms with Gasteiger partial charge in [-0.1, -0.05) is 41.5 Å². The van der Waals surface area contributed by atoms with Crippen LogP contribution in [-0.2, 0) is 0 Å². The molecule has 0 radical (unpaired) electrons. The van der Waals surface area contributed by atoms with Crippen LogP contribution in [0.25, 0.3) is 0 Å². The molecule has 1 atom stereocenters. The second kappa shape index (κ2) is 5.54. The Morgan fingerprint density at radius 2 is 1.53 bits per heavy atom. The number of aryl methyl sites for hydroxylation is 3. The summed E-state index contributed by atoms with van der Waals surface area (Å²) in [5.41, 5.74) is 5.47. The van der Waals surface area contributed by atoms with Crippen molar-refractivity contribution >= 4 is 0 Å². The molecule has 0 aliphatic carbocycles. The maximum absolute atomic E-state index is 13.4. The summed E-state index contributed by atoms with van der Waals surface area (Å²) in [6.07, 6.45) is 0. The Balaban J connectivity index is 2.46. The summed E-state index contributed by atoms with van der Waals surface area (Å²) >= 11 is 0. The zero-order chi connectivity index (χ0) is 14.0. The minimum atomic E-state index is -0.154. The predicted molar refractivity (Wildman–Crippen MR) is 78.0 cm³/mol. The van der Waals surface area contributed by atoms with E-state index in [-0.39, 0.29) is 11.9 Å². The van der Waals surface area contributed by atoms with Gasteiger partial charge in [0, 0.05) is 0 Å². The zero-order valence-electron chi connectivity index (χ0n) is 11.9. The zero-order valence-corrected chi connectivity index (χ0v) is 11.9. The molecule has 0 heterocycles. The van der Waals surface area contributed by atoms with Crippen molar-refractivity contribution < 1.29 is 4.39 Å². The van der Waals surface area contributed by atoms with Crippen LogP contribution in [0.2, 0.25) is 0 Å². The monoisotopic (exact) mass is 257 g/mol. The number of benzene rings is 2. The molecule has 0 spiro atoms. The van der Waals surface area contributed by atoms with E-state index in [1.807, 2.05) is 19.2 Å². The van der Waals surface area contributed by atoms with E-state index in [2.05, 4.69) is 37.4 Å². The molecule has 19 heavy (non-hydrogen) atoms. The van der Waals surface area contributed by atoms with Crippen LogP contribution in [0.4, 0.5) is 4.39 Å². The highest BCUT2D eigenvalue weighted by Gasteiger charge is 2.13. The molecule has 2 aromatic rings. The molecule has 0 fully saturated rings. The quantitative estimate of drug-likeness (QED) is 0.874. The third kappa shape index (κ3) is 3.02. The fraction of sp³-hybridized carbons (Fsp3) is 0.294. The molecular formula is C17H20FN. The molecule has 0 saturated carbocycles. The molecule has 0 aliphatic rings. The first kappa shape index (κ1) is 13.8. The van der Waals surface area contributed by atoms with Crippen molar-refractivity contribution in [1.82, 2.24) is 5.32 Å². The molecule has 0 aromatic heterocycles. The van der Waals surface area contributed by atoms with Crippen LogP contribution in [0.3, 0.4) is 0 Å². The fourth-order valence-electron chi connectivity index (χ4n) is 2.55. The maximum atomic E-state index is 13.4. The molecular weight excluding hydrogens is 237 g/mol. The summed E-state index contributed by atoms with van der Waals surface area (Å²) in [6, 6.07) is 11.9. The van der Waals surface area contributed by atoms with Gasteiger partial charge in [0.05, 0.1) is 6.04 Å². The number of rotatable bonds is 3. The smallest absolute Gasteiger partial charge is 0.126 e. The summed E-state index contributed by atoms with van der Waals surface area (Å²) < 4.78 is 13.4. The van der Waals surface area contributed by atoms with E-state index in [4.69, 9.17) is 0 Å². The molecule has 0 aliphatic heterocycles. The van der Waals surface area contributed by atoms with Crippen LogP contribution in [0.15, 0.2) is 36.4 Å². The van der Waals surface area contributed by atoms with Crippen molar-refractivity contribution in [3.8, 4) is 0 Å². The van der Waals surface area contributed by atoms with E-state index < -0.39 is 0 Å². The van der Waals surface area contributed by atoms with Gasteiger partial charge in [0.2, 0.25) is 0 Å². The molecule has 0 bridgehead atoms.